The number of halogens is 1. The Labute approximate surface area is 88.5 Å². The van der Waals surface area contributed by atoms with Gasteiger partial charge in [0.25, 0.3) is 5.91 Å². The van der Waals surface area contributed by atoms with Crippen LogP contribution in [0.15, 0.2) is 30.3 Å². The summed E-state index contributed by atoms with van der Waals surface area (Å²) in [5.41, 5.74) is 6.01. The van der Waals surface area contributed by atoms with E-state index in [-0.39, 0.29) is 11.9 Å². The lowest BCUT2D eigenvalue weighted by molar-refractivity contribution is 0.0788. The Morgan fingerprint density at radius 1 is 1.36 bits per heavy atom. The van der Waals surface area contributed by atoms with E-state index < -0.39 is 0 Å². The van der Waals surface area contributed by atoms with Crippen LogP contribution in [0, 0.1) is 0 Å². The summed E-state index contributed by atoms with van der Waals surface area (Å²) < 4.78 is 0. The van der Waals surface area contributed by atoms with Crippen molar-refractivity contribution in [2.24, 2.45) is 5.73 Å². The number of hydrogen-bond donors (Lipinski definition) is 1. The molecular weight excluding hydrogens is 200 g/mol. The molecule has 2 N–H and O–H groups in total. The van der Waals surface area contributed by atoms with E-state index >= 15 is 0 Å². The van der Waals surface area contributed by atoms with Crippen LogP contribution < -0.4 is 5.73 Å². The van der Waals surface area contributed by atoms with Gasteiger partial charge >= 0.3 is 0 Å². The number of alkyl halides is 1. The fourth-order valence-corrected chi connectivity index (χ4v) is 1.36. The maximum Gasteiger partial charge on any atom is 0.254 e. The number of rotatable bonds is 4. The zero-order valence-electron chi connectivity index (χ0n) is 7.82. The standard InChI is InChI=1S/C10H13ClN2O/c11-8-13(7-6-12)10(14)9-4-2-1-3-5-9/h1-5H,6-8,12H2. The first-order valence-electron chi connectivity index (χ1n) is 4.40. The van der Waals surface area contributed by atoms with Crippen molar-refractivity contribution in [3.8, 4) is 0 Å². The second-order valence-electron chi connectivity index (χ2n) is 2.84. The molecule has 1 aromatic rings. The Hall–Kier alpha value is -1.06. The third-order valence-electron chi connectivity index (χ3n) is 1.85. The minimum absolute atomic E-state index is 0.0777. The maximum absolute atomic E-state index is 11.8. The minimum Gasteiger partial charge on any atom is -0.329 e. The highest BCUT2D eigenvalue weighted by molar-refractivity contribution is 6.19. The van der Waals surface area contributed by atoms with Crippen molar-refractivity contribution >= 4 is 17.5 Å². The number of carbonyl (C=O) groups excluding carboxylic acids is 1. The molecule has 0 heterocycles. The molecule has 76 valence electrons. The van der Waals surface area contributed by atoms with Crippen molar-refractivity contribution in [2.45, 2.75) is 0 Å². The quantitative estimate of drug-likeness (QED) is 0.604. The lowest BCUT2D eigenvalue weighted by Gasteiger charge is -2.18. The first-order valence-corrected chi connectivity index (χ1v) is 4.93. The van der Waals surface area contributed by atoms with Crippen LogP contribution in [0.5, 0.6) is 0 Å². The molecular formula is C10H13ClN2O. The first-order chi connectivity index (χ1) is 6.79. The molecule has 0 aliphatic rings. The van der Waals surface area contributed by atoms with E-state index in [9.17, 15) is 4.79 Å². The average Bonchev–Trinajstić information content (AvgIpc) is 2.26. The number of amides is 1. The molecule has 3 nitrogen and oxygen atoms in total. The Morgan fingerprint density at radius 2 is 2.00 bits per heavy atom. The summed E-state index contributed by atoms with van der Waals surface area (Å²) in [7, 11) is 0. The van der Waals surface area contributed by atoms with E-state index in [1.54, 1.807) is 12.1 Å². The SMILES string of the molecule is NCCN(CCl)C(=O)c1ccccc1. The van der Waals surface area contributed by atoms with E-state index in [0.717, 1.165) is 0 Å². The molecule has 1 rings (SSSR count). The highest BCUT2D eigenvalue weighted by Crippen LogP contribution is 2.04. The van der Waals surface area contributed by atoms with Gasteiger partial charge in [-0.05, 0) is 12.1 Å². The van der Waals surface area contributed by atoms with Crippen LogP contribution in [-0.2, 0) is 0 Å². The fourth-order valence-electron chi connectivity index (χ4n) is 1.13. The van der Waals surface area contributed by atoms with Crippen molar-refractivity contribution in [3.63, 3.8) is 0 Å². The molecule has 0 radical (unpaired) electrons. The predicted molar refractivity (Wildman–Crippen MR) is 57.3 cm³/mol. The van der Waals surface area contributed by atoms with Crippen molar-refractivity contribution in [1.29, 1.82) is 0 Å². The molecule has 0 fully saturated rings. The van der Waals surface area contributed by atoms with Gasteiger partial charge in [-0.1, -0.05) is 18.2 Å². The maximum atomic E-state index is 11.8. The second kappa shape index (κ2) is 5.62. The molecule has 0 saturated carbocycles. The Balaban J connectivity index is 2.73. The Bertz CT molecular complexity index is 289. The van der Waals surface area contributed by atoms with Gasteiger partial charge in [-0.3, -0.25) is 4.79 Å². The number of carbonyl (C=O) groups is 1. The van der Waals surface area contributed by atoms with Gasteiger partial charge in [0.1, 0.15) is 0 Å². The number of hydrogen-bond acceptors (Lipinski definition) is 2. The molecule has 0 unspecified atom stereocenters. The van der Waals surface area contributed by atoms with Crippen LogP contribution in [0.25, 0.3) is 0 Å². The Morgan fingerprint density at radius 3 is 2.50 bits per heavy atom. The largest absolute Gasteiger partial charge is 0.329 e. The van der Waals surface area contributed by atoms with Crippen LogP contribution in [0.4, 0.5) is 0 Å². The topological polar surface area (TPSA) is 46.3 Å². The molecule has 0 spiro atoms. The summed E-state index contributed by atoms with van der Waals surface area (Å²) in [5.74, 6) is -0.0777. The number of nitrogens with zero attached hydrogens (tertiary/aromatic N) is 1. The van der Waals surface area contributed by atoms with Crippen LogP contribution in [-0.4, -0.2) is 29.9 Å². The van der Waals surface area contributed by atoms with Gasteiger partial charge in [-0.2, -0.15) is 0 Å². The predicted octanol–water partition coefficient (Wildman–Crippen LogP) is 1.28. The molecule has 0 aromatic heterocycles. The molecule has 14 heavy (non-hydrogen) atoms. The van der Waals surface area contributed by atoms with Gasteiger partial charge in [-0.15, -0.1) is 11.6 Å². The van der Waals surface area contributed by atoms with E-state index in [0.29, 0.717) is 18.7 Å². The van der Waals surface area contributed by atoms with Crippen molar-refractivity contribution < 1.29 is 4.79 Å². The summed E-state index contributed by atoms with van der Waals surface area (Å²) >= 11 is 5.64. The molecule has 4 heteroatoms. The molecule has 1 amide bonds. The van der Waals surface area contributed by atoms with Crippen LogP contribution in [0.1, 0.15) is 10.4 Å². The van der Waals surface area contributed by atoms with Gasteiger partial charge in [0.15, 0.2) is 0 Å². The van der Waals surface area contributed by atoms with E-state index in [1.807, 2.05) is 18.2 Å². The number of benzene rings is 1. The molecule has 0 bridgehead atoms. The molecule has 0 aliphatic heterocycles. The van der Waals surface area contributed by atoms with Gasteiger partial charge in [0, 0.05) is 18.7 Å². The third-order valence-corrected chi connectivity index (χ3v) is 2.14. The lowest BCUT2D eigenvalue weighted by Crippen LogP contribution is -2.34. The lowest BCUT2D eigenvalue weighted by atomic mass is 10.2. The van der Waals surface area contributed by atoms with Crippen LogP contribution in [0.2, 0.25) is 0 Å². The monoisotopic (exact) mass is 212 g/mol. The molecule has 0 aliphatic carbocycles. The van der Waals surface area contributed by atoms with Crippen molar-refractivity contribution in [2.75, 3.05) is 19.1 Å². The van der Waals surface area contributed by atoms with Gasteiger partial charge < -0.3 is 10.6 Å². The highest BCUT2D eigenvalue weighted by atomic mass is 35.5. The van der Waals surface area contributed by atoms with E-state index in [2.05, 4.69) is 0 Å². The summed E-state index contributed by atoms with van der Waals surface area (Å²) in [5, 5.41) is 0. The van der Waals surface area contributed by atoms with E-state index in [4.69, 9.17) is 17.3 Å². The summed E-state index contributed by atoms with van der Waals surface area (Å²) in [6, 6.07) is 9.21. The third kappa shape index (κ3) is 2.72. The normalized spacial score (nSPS) is 9.86. The fraction of sp³-hybridized carbons (Fsp3) is 0.300. The van der Waals surface area contributed by atoms with Gasteiger partial charge in [0.2, 0.25) is 0 Å². The summed E-state index contributed by atoms with van der Waals surface area (Å²) in [6.45, 7) is 0.905. The Kier molecular flexibility index (Phi) is 4.43. The van der Waals surface area contributed by atoms with E-state index in [1.165, 1.54) is 4.90 Å². The van der Waals surface area contributed by atoms with Crippen LogP contribution in [0.3, 0.4) is 0 Å². The van der Waals surface area contributed by atoms with Gasteiger partial charge in [-0.25, -0.2) is 0 Å². The first kappa shape index (κ1) is 11.0. The van der Waals surface area contributed by atoms with Crippen molar-refractivity contribution in [3.05, 3.63) is 35.9 Å². The zero-order valence-corrected chi connectivity index (χ0v) is 8.57. The smallest absolute Gasteiger partial charge is 0.254 e. The average molecular weight is 213 g/mol. The summed E-state index contributed by atoms with van der Waals surface area (Å²) in [6.07, 6.45) is 0. The minimum atomic E-state index is -0.0777. The van der Waals surface area contributed by atoms with Crippen molar-refractivity contribution in [1.82, 2.24) is 4.90 Å². The molecule has 0 atom stereocenters. The molecule has 0 saturated heterocycles. The molecule has 1 aromatic carbocycles. The highest BCUT2D eigenvalue weighted by Gasteiger charge is 2.12. The number of nitrogens with two attached hydrogens (primary N) is 1. The van der Waals surface area contributed by atoms with Crippen LogP contribution >= 0.6 is 11.6 Å². The second-order valence-corrected chi connectivity index (χ2v) is 3.08. The van der Waals surface area contributed by atoms with Gasteiger partial charge in [0.05, 0.1) is 6.00 Å². The zero-order chi connectivity index (χ0) is 10.4. The summed E-state index contributed by atoms with van der Waals surface area (Å²) in [4.78, 5) is 13.3.